The summed E-state index contributed by atoms with van der Waals surface area (Å²) in [6, 6.07) is 7.78. The third kappa shape index (κ3) is 3.21. The Labute approximate surface area is 126 Å². The molecule has 2 rings (SSSR count). The molecule has 0 fully saturated rings. The van der Waals surface area contributed by atoms with Gasteiger partial charge in [-0.1, -0.05) is 11.6 Å². The van der Waals surface area contributed by atoms with Gasteiger partial charge in [0.1, 0.15) is 11.9 Å². The lowest BCUT2D eigenvalue weighted by Crippen LogP contribution is -2.40. The maximum atomic E-state index is 11.6. The van der Waals surface area contributed by atoms with Gasteiger partial charge in [0.2, 0.25) is 5.91 Å². The van der Waals surface area contributed by atoms with Crippen LogP contribution in [0.3, 0.4) is 0 Å². The lowest BCUT2D eigenvalue weighted by Gasteiger charge is -2.16. The van der Waals surface area contributed by atoms with Gasteiger partial charge in [-0.05, 0) is 24.3 Å². The molecule has 108 valence electrons. The Kier molecular flexibility index (Phi) is 4.58. The molecule has 0 saturated heterocycles. The number of hydrogen-bond donors (Lipinski definition) is 3. The number of carbonyl (C=O) groups is 1. The number of amides is 1. The number of pyridine rings is 1. The molecule has 3 N–H and O–H groups in total. The van der Waals surface area contributed by atoms with Crippen molar-refractivity contribution >= 4 is 34.2 Å². The lowest BCUT2D eigenvalue weighted by molar-refractivity contribution is -0.122. The van der Waals surface area contributed by atoms with E-state index in [1.807, 2.05) is 0 Å². The maximum absolute atomic E-state index is 11.6. The van der Waals surface area contributed by atoms with Gasteiger partial charge in [0.25, 0.3) is 0 Å². The molecule has 0 aliphatic rings. The fourth-order valence-corrected chi connectivity index (χ4v) is 2.08. The number of hydrogen-bond acceptors (Lipinski definition) is 5. The molecule has 1 aromatic heterocycles. The van der Waals surface area contributed by atoms with Crippen molar-refractivity contribution in [2.75, 3.05) is 19.0 Å². The molecule has 0 bridgehead atoms. The normalized spacial score (nSPS) is 11.7. The minimum Gasteiger partial charge on any atom is -0.394 e. The average molecular weight is 305 g/mol. The molecule has 6 nitrogen and oxygen atoms in total. The monoisotopic (exact) mass is 304 g/mol. The van der Waals surface area contributed by atoms with Gasteiger partial charge in [0.15, 0.2) is 0 Å². The molecule has 21 heavy (non-hydrogen) atoms. The zero-order valence-electron chi connectivity index (χ0n) is 11.2. The van der Waals surface area contributed by atoms with Crippen LogP contribution < -0.4 is 10.6 Å². The summed E-state index contributed by atoms with van der Waals surface area (Å²) in [6.07, 6.45) is 0. The molecule has 1 heterocycles. The van der Waals surface area contributed by atoms with Gasteiger partial charge in [0, 0.05) is 17.5 Å². The first-order valence-corrected chi connectivity index (χ1v) is 6.56. The van der Waals surface area contributed by atoms with Crippen LogP contribution in [0.5, 0.6) is 0 Å². The maximum Gasteiger partial charge on any atom is 0.244 e. The van der Waals surface area contributed by atoms with Crippen molar-refractivity contribution < 1.29 is 9.90 Å². The van der Waals surface area contributed by atoms with E-state index in [2.05, 4.69) is 21.7 Å². The molecule has 0 aliphatic heterocycles. The molecule has 1 amide bonds. The van der Waals surface area contributed by atoms with Crippen LogP contribution in [0, 0.1) is 11.3 Å². The number of rotatable bonds is 4. The highest BCUT2D eigenvalue weighted by molar-refractivity contribution is 6.31. The molecule has 1 atom stereocenters. The molecule has 0 saturated carbocycles. The Bertz CT molecular complexity index is 727. The van der Waals surface area contributed by atoms with Gasteiger partial charge in [0.05, 0.1) is 23.8 Å². The Hall–Kier alpha value is -2.36. The van der Waals surface area contributed by atoms with Crippen LogP contribution in [-0.2, 0) is 4.79 Å². The number of halogens is 1. The third-order valence-electron chi connectivity index (χ3n) is 2.96. The molecular weight excluding hydrogens is 292 g/mol. The van der Waals surface area contributed by atoms with E-state index in [1.165, 1.54) is 13.1 Å². The second kappa shape index (κ2) is 6.39. The molecule has 7 heteroatoms. The average Bonchev–Trinajstić information content (AvgIpc) is 2.51. The quantitative estimate of drug-likeness (QED) is 0.790. The second-order valence-corrected chi connectivity index (χ2v) is 4.76. The number of benzene rings is 1. The SMILES string of the molecule is CNC(=O)[C@@H](CO)Nc1cc(C#N)c2cc(Cl)ccc2n1. The van der Waals surface area contributed by atoms with Crippen molar-refractivity contribution in [3.05, 3.63) is 34.9 Å². The second-order valence-electron chi connectivity index (χ2n) is 4.32. The number of carbonyl (C=O) groups excluding carboxylic acids is 1. The standard InChI is InChI=1S/C14H13ClN4O2/c1-17-14(21)12(7-20)19-13-4-8(6-16)10-5-9(15)2-3-11(10)18-13/h2-5,12,20H,7H2,1H3,(H,17,21)(H,18,19)/t12-/m1/s1. The summed E-state index contributed by atoms with van der Waals surface area (Å²) in [7, 11) is 1.48. The van der Waals surface area contributed by atoms with E-state index in [9.17, 15) is 15.2 Å². The highest BCUT2D eigenvalue weighted by Gasteiger charge is 2.17. The summed E-state index contributed by atoms with van der Waals surface area (Å²) in [5.41, 5.74) is 0.966. The predicted octanol–water partition coefficient (Wildman–Crippen LogP) is 1.28. The number of anilines is 1. The van der Waals surface area contributed by atoms with Gasteiger partial charge in [-0.2, -0.15) is 5.26 Å². The van der Waals surface area contributed by atoms with Crippen molar-refractivity contribution in [1.82, 2.24) is 10.3 Å². The number of aliphatic hydroxyl groups excluding tert-OH is 1. The van der Waals surface area contributed by atoms with E-state index in [-0.39, 0.29) is 12.5 Å². The molecule has 0 radical (unpaired) electrons. The first-order chi connectivity index (χ1) is 10.1. The molecule has 0 unspecified atom stereocenters. The molecule has 1 aromatic carbocycles. The summed E-state index contributed by atoms with van der Waals surface area (Å²) in [5, 5.41) is 24.8. The van der Waals surface area contributed by atoms with Crippen LogP contribution in [-0.4, -0.2) is 35.7 Å². The first kappa shape index (κ1) is 15.0. The van der Waals surface area contributed by atoms with Crippen LogP contribution in [0.4, 0.5) is 5.82 Å². The van der Waals surface area contributed by atoms with Crippen molar-refractivity contribution in [2.45, 2.75) is 6.04 Å². The largest absolute Gasteiger partial charge is 0.394 e. The fraction of sp³-hybridized carbons (Fsp3) is 0.214. The summed E-state index contributed by atoms with van der Waals surface area (Å²) in [6.45, 7) is -0.387. The molecule has 0 aliphatic carbocycles. The van der Waals surface area contributed by atoms with Gasteiger partial charge in [-0.3, -0.25) is 4.79 Å². The predicted molar refractivity (Wildman–Crippen MR) is 80.0 cm³/mol. The van der Waals surface area contributed by atoms with Crippen molar-refractivity contribution in [1.29, 1.82) is 5.26 Å². The van der Waals surface area contributed by atoms with Gasteiger partial charge < -0.3 is 15.7 Å². The van der Waals surface area contributed by atoms with E-state index in [0.717, 1.165) is 0 Å². The van der Waals surface area contributed by atoms with Crippen LogP contribution in [0.15, 0.2) is 24.3 Å². The van der Waals surface area contributed by atoms with Crippen molar-refractivity contribution in [3.63, 3.8) is 0 Å². The van der Waals surface area contributed by atoms with E-state index in [4.69, 9.17) is 11.6 Å². The topological polar surface area (TPSA) is 98.0 Å². The first-order valence-electron chi connectivity index (χ1n) is 6.18. The van der Waals surface area contributed by atoms with Gasteiger partial charge in [-0.15, -0.1) is 0 Å². The van der Waals surface area contributed by atoms with Gasteiger partial charge in [-0.25, -0.2) is 4.98 Å². The summed E-state index contributed by atoms with van der Waals surface area (Å²) in [5.74, 6) is -0.0296. The smallest absolute Gasteiger partial charge is 0.244 e. The number of fused-ring (bicyclic) bond motifs is 1. The third-order valence-corrected chi connectivity index (χ3v) is 3.19. The number of aliphatic hydroxyl groups is 1. The highest BCUT2D eigenvalue weighted by atomic mass is 35.5. The van der Waals surface area contributed by atoms with E-state index in [0.29, 0.717) is 27.3 Å². The summed E-state index contributed by atoms with van der Waals surface area (Å²) in [4.78, 5) is 15.9. The Balaban J connectivity index is 2.44. The molecular formula is C14H13ClN4O2. The van der Waals surface area contributed by atoms with Crippen molar-refractivity contribution in [3.8, 4) is 6.07 Å². The minimum absolute atomic E-state index is 0.337. The molecule has 2 aromatic rings. The Morgan fingerprint density at radius 2 is 2.29 bits per heavy atom. The molecule has 0 spiro atoms. The Morgan fingerprint density at radius 3 is 2.90 bits per heavy atom. The fourth-order valence-electron chi connectivity index (χ4n) is 1.91. The van der Waals surface area contributed by atoms with Gasteiger partial charge >= 0.3 is 0 Å². The van der Waals surface area contributed by atoms with E-state index < -0.39 is 6.04 Å². The zero-order valence-corrected chi connectivity index (χ0v) is 12.0. The Morgan fingerprint density at radius 1 is 1.52 bits per heavy atom. The zero-order chi connectivity index (χ0) is 15.4. The summed E-state index contributed by atoms with van der Waals surface area (Å²) < 4.78 is 0. The van der Waals surface area contributed by atoms with E-state index >= 15 is 0 Å². The lowest BCUT2D eigenvalue weighted by atomic mass is 10.1. The van der Waals surface area contributed by atoms with Crippen LogP contribution in [0.25, 0.3) is 10.9 Å². The number of nitriles is 1. The van der Waals surface area contributed by atoms with Crippen LogP contribution in [0.2, 0.25) is 5.02 Å². The van der Waals surface area contributed by atoms with Crippen LogP contribution in [0.1, 0.15) is 5.56 Å². The highest BCUT2D eigenvalue weighted by Crippen LogP contribution is 2.24. The van der Waals surface area contributed by atoms with E-state index in [1.54, 1.807) is 18.2 Å². The number of aromatic nitrogens is 1. The number of nitrogens with zero attached hydrogens (tertiary/aromatic N) is 2. The van der Waals surface area contributed by atoms with Crippen molar-refractivity contribution in [2.24, 2.45) is 0 Å². The number of nitrogens with one attached hydrogen (secondary N) is 2. The number of likely N-dealkylation sites (N-methyl/N-ethyl adjacent to an activating group) is 1. The summed E-state index contributed by atoms with van der Waals surface area (Å²) >= 11 is 5.92. The minimum atomic E-state index is -0.834. The van der Waals surface area contributed by atoms with Crippen LogP contribution >= 0.6 is 11.6 Å².